The van der Waals surface area contributed by atoms with Gasteiger partial charge < -0.3 is 10.2 Å². The van der Waals surface area contributed by atoms with Crippen LogP contribution in [0.2, 0.25) is 10.0 Å². The van der Waals surface area contributed by atoms with Crippen LogP contribution in [0.5, 0.6) is 0 Å². The van der Waals surface area contributed by atoms with Crippen LogP contribution in [0, 0.1) is 0 Å². The molecule has 3 aromatic carbocycles. The van der Waals surface area contributed by atoms with E-state index in [0.717, 1.165) is 23.8 Å². The number of nitrogens with zero attached hydrogens (tertiary/aromatic N) is 2. The van der Waals surface area contributed by atoms with Gasteiger partial charge in [0.05, 0.1) is 11.9 Å². The van der Waals surface area contributed by atoms with Gasteiger partial charge in [-0.05, 0) is 67.3 Å². The molecule has 0 spiro atoms. The Bertz CT molecular complexity index is 1390. The molecule has 0 unspecified atom stereocenters. The summed E-state index contributed by atoms with van der Waals surface area (Å²) >= 11 is 12.1. The Labute approximate surface area is 253 Å². The van der Waals surface area contributed by atoms with Crippen molar-refractivity contribution >= 4 is 50.7 Å². The quantitative estimate of drug-likeness (QED) is 0.237. The topological polar surface area (TPSA) is 86.8 Å². The number of benzene rings is 3. The Kier molecular flexibility index (Phi) is 12.1. The molecule has 41 heavy (non-hydrogen) atoms. The Morgan fingerprint density at radius 3 is 2.02 bits per heavy atom. The number of hydrogen-bond acceptors (Lipinski definition) is 4. The number of hydrogen-bond donors (Lipinski definition) is 1. The summed E-state index contributed by atoms with van der Waals surface area (Å²) in [6.45, 7) is 4.22. The number of rotatable bonds is 14. The van der Waals surface area contributed by atoms with Gasteiger partial charge in [0.2, 0.25) is 21.8 Å². The number of anilines is 1. The number of nitrogens with one attached hydrogen (secondary N) is 1. The van der Waals surface area contributed by atoms with Gasteiger partial charge in [0.15, 0.2) is 0 Å². The van der Waals surface area contributed by atoms with Gasteiger partial charge in [-0.15, -0.1) is 0 Å². The maximum absolute atomic E-state index is 13.9. The molecule has 0 aliphatic carbocycles. The van der Waals surface area contributed by atoms with E-state index in [-0.39, 0.29) is 43.8 Å². The van der Waals surface area contributed by atoms with Crippen LogP contribution in [-0.2, 0) is 32.6 Å². The van der Waals surface area contributed by atoms with Crippen molar-refractivity contribution in [2.24, 2.45) is 0 Å². The molecular formula is C31H37Cl2N3O4S. The van der Waals surface area contributed by atoms with E-state index in [4.69, 9.17) is 23.2 Å². The first kappa shape index (κ1) is 32.4. The average molecular weight is 619 g/mol. The second-order valence-electron chi connectivity index (χ2n) is 10.1. The molecule has 3 rings (SSSR count). The molecule has 1 N–H and O–H groups in total. The maximum atomic E-state index is 13.9. The van der Waals surface area contributed by atoms with E-state index in [9.17, 15) is 18.0 Å². The molecule has 0 aliphatic rings. The van der Waals surface area contributed by atoms with Crippen LogP contribution >= 0.6 is 23.2 Å². The minimum absolute atomic E-state index is 0.0507. The zero-order valence-electron chi connectivity index (χ0n) is 23.6. The highest BCUT2D eigenvalue weighted by molar-refractivity contribution is 7.92. The van der Waals surface area contributed by atoms with E-state index >= 15 is 0 Å². The molecule has 0 radical (unpaired) electrons. The molecule has 0 saturated carbocycles. The third-order valence-electron chi connectivity index (χ3n) is 6.81. The summed E-state index contributed by atoms with van der Waals surface area (Å²) in [6, 6.07) is 22.4. The van der Waals surface area contributed by atoms with Gasteiger partial charge >= 0.3 is 0 Å². The van der Waals surface area contributed by atoms with Gasteiger partial charge in [-0.1, -0.05) is 72.6 Å². The van der Waals surface area contributed by atoms with E-state index < -0.39 is 16.1 Å². The molecule has 3 aromatic rings. The number of amides is 2. The van der Waals surface area contributed by atoms with Crippen molar-refractivity contribution in [3.63, 3.8) is 0 Å². The van der Waals surface area contributed by atoms with Crippen LogP contribution in [0.1, 0.15) is 44.2 Å². The largest absolute Gasteiger partial charge is 0.352 e. The average Bonchev–Trinajstić information content (AvgIpc) is 2.94. The Morgan fingerprint density at radius 1 is 0.878 bits per heavy atom. The van der Waals surface area contributed by atoms with Crippen molar-refractivity contribution in [1.29, 1.82) is 0 Å². The fourth-order valence-electron chi connectivity index (χ4n) is 4.39. The lowest BCUT2D eigenvalue weighted by atomic mass is 10.0. The smallest absolute Gasteiger partial charge is 0.243 e. The van der Waals surface area contributed by atoms with Gasteiger partial charge in [-0.2, -0.15) is 0 Å². The molecule has 220 valence electrons. The van der Waals surface area contributed by atoms with Gasteiger partial charge in [-0.3, -0.25) is 13.9 Å². The molecule has 10 heteroatoms. The molecular weight excluding hydrogens is 581 g/mol. The van der Waals surface area contributed by atoms with Crippen LogP contribution in [0.15, 0.2) is 78.9 Å². The summed E-state index contributed by atoms with van der Waals surface area (Å²) in [4.78, 5) is 29.1. The number of halogens is 2. The highest BCUT2D eigenvalue weighted by Crippen LogP contribution is 2.22. The number of carbonyl (C=O) groups excluding carboxylic acids is 2. The lowest BCUT2D eigenvalue weighted by Crippen LogP contribution is -2.52. The van der Waals surface area contributed by atoms with Crippen LogP contribution in [0.25, 0.3) is 0 Å². The molecule has 0 heterocycles. The minimum Gasteiger partial charge on any atom is -0.352 e. The van der Waals surface area contributed by atoms with Crippen molar-refractivity contribution in [3.05, 3.63) is 100 Å². The van der Waals surface area contributed by atoms with Gasteiger partial charge in [-0.25, -0.2) is 8.42 Å². The fraction of sp³-hybridized carbons (Fsp3) is 0.355. The minimum atomic E-state index is -3.60. The van der Waals surface area contributed by atoms with Crippen molar-refractivity contribution in [1.82, 2.24) is 10.2 Å². The van der Waals surface area contributed by atoms with E-state index in [1.165, 1.54) is 4.31 Å². The highest BCUT2D eigenvalue weighted by atomic mass is 35.5. The summed E-state index contributed by atoms with van der Waals surface area (Å²) in [5, 5.41) is 4.12. The third-order valence-corrected chi connectivity index (χ3v) is 8.50. The second kappa shape index (κ2) is 15.2. The summed E-state index contributed by atoms with van der Waals surface area (Å²) in [7, 11) is -3.60. The first-order chi connectivity index (χ1) is 19.5. The van der Waals surface area contributed by atoms with E-state index in [1.54, 1.807) is 41.3 Å². The molecule has 2 atom stereocenters. The van der Waals surface area contributed by atoms with Gasteiger partial charge in [0.25, 0.3) is 0 Å². The predicted molar refractivity (Wildman–Crippen MR) is 167 cm³/mol. The van der Waals surface area contributed by atoms with Gasteiger partial charge in [0.1, 0.15) is 6.04 Å². The first-order valence-corrected chi connectivity index (χ1v) is 16.2. The Balaban J connectivity index is 1.88. The Morgan fingerprint density at radius 2 is 1.46 bits per heavy atom. The van der Waals surface area contributed by atoms with E-state index in [1.807, 2.05) is 56.3 Å². The molecule has 0 saturated heterocycles. The third kappa shape index (κ3) is 10.1. The molecule has 0 aromatic heterocycles. The van der Waals surface area contributed by atoms with Crippen molar-refractivity contribution < 1.29 is 18.0 Å². The second-order valence-corrected chi connectivity index (χ2v) is 12.9. The summed E-state index contributed by atoms with van der Waals surface area (Å²) in [5.41, 5.74) is 2.23. The van der Waals surface area contributed by atoms with Crippen LogP contribution in [-0.4, -0.2) is 50.0 Å². The standard InChI is InChI=1S/C31H37Cl2N3O4S/c1-4-23(2)34-31(38)29(21-24-9-6-5-7-10-24)35(22-25-12-14-26(32)15-13-25)30(37)11-8-20-36(41(3,39)40)28-18-16-27(33)17-19-28/h5-7,9-10,12-19,23,29H,4,8,11,20-22H2,1-3H3,(H,34,38)/t23-,29+/m0/s1. The van der Waals surface area contributed by atoms with Crippen LogP contribution in [0.3, 0.4) is 0 Å². The molecule has 0 aliphatic heterocycles. The van der Waals surface area contributed by atoms with E-state index in [2.05, 4.69) is 5.32 Å². The summed E-state index contributed by atoms with van der Waals surface area (Å²) < 4.78 is 26.4. The zero-order valence-corrected chi connectivity index (χ0v) is 25.9. The number of carbonyl (C=O) groups is 2. The zero-order chi connectivity index (χ0) is 30.0. The molecule has 0 fully saturated rings. The SMILES string of the molecule is CC[C@H](C)NC(=O)[C@@H](Cc1ccccc1)N(Cc1ccc(Cl)cc1)C(=O)CCCN(c1ccc(Cl)cc1)S(C)(=O)=O. The van der Waals surface area contributed by atoms with Crippen LogP contribution < -0.4 is 9.62 Å². The Hall–Kier alpha value is -3.07. The summed E-state index contributed by atoms with van der Waals surface area (Å²) in [6.07, 6.45) is 2.53. The van der Waals surface area contributed by atoms with E-state index in [0.29, 0.717) is 22.2 Å². The van der Waals surface area contributed by atoms with Crippen LogP contribution in [0.4, 0.5) is 5.69 Å². The molecule has 2 amide bonds. The normalized spacial score (nSPS) is 12.8. The van der Waals surface area contributed by atoms with Crippen molar-refractivity contribution in [3.8, 4) is 0 Å². The monoisotopic (exact) mass is 617 g/mol. The molecule has 0 bridgehead atoms. The predicted octanol–water partition coefficient (Wildman–Crippen LogP) is 6.09. The fourth-order valence-corrected chi connectivity index (χ4v) is 5.61. The van der Waals surface area contributed by atoms with Crippen molar-refractivity contribution in [2.45, 2.75) is 58.2 Å². The lowest BCUT2D eigenvalue weighted by Gasteiger charge is -2.32. The summed E-state index contributed by atoms with van der Waals surface area (Å²) in [5.74, 6) is -0.478. The molecule has 7 nitrogen and oxygen atoms in total. The van der Waals surface area contributed by atoms with Crippen molar-refractivity contribution in [2.75, 3.05) is 17.1 Å². The first-order valence-electron chi connectivity index (χ1n) is 13.6. The van der Waals surface area contributed by atoms with Gasteiger partial charge in [0, 0.05) is 42.0 Å². The lowest BCUT2D eigenvalue weighted by molar-refractivity contribution is -0.141. The number of sulfonamides is 1. The maximum Gasteiger partial charge on any atom is 0.243 e. The highest BCUT2D eigenvalue weighted by Gasteiger charge is 2.31.